The van der Waals surface area contributed by atoms with Gasteiger partial charge in [0.2, 0.25) is 20.7 Å². The zero-order valence-electron chi connectivity index (χ0n) is 24.5. The van der Waals surface area contributed by atoms with Crippen LogP contribution in [0.5, 0.6) is 0 Å². The van der Waals surface area contributed by atoms with Gasteiger partial charge in [0.15, 0.2) is 0 Å². The van der Waals surface area contributed by atoms with Crippen LogP contribution in [0.2, 0.25) is 0 Å². The Morgan fingerprint density at radius 2 is 1.76 bits per heavy atom. The lowest BCUT2D eigenvalue weighted by Crippen LogP contribution is -2.38. The van der Waals surface area contributed by atoms with Gasteiger partial charge in [-0.2, -0.15) is 0 Å². The van der Waals surface area contributed by atoms with Crippen molar-refractivity contribution in [1.82, 2.24) is 14.9 Å². The summed E-state index contributed by atoms with van der Waals surface area (Å²) in [5.41, 5.74) is 8.35. The number of ether oxygens (including phenoxy) is 1. The zero-order chi connectivity index (χ0) is 30.9. The van der Waals surface area contributed by atoms with Gasteiger partial charge in [-0.25, -0.2) is 17.9 Å². The summed E-state index contributed by atoms with van der Waals surface area (Å²) in [6.45, 7) is 2.51. The van der Waals surface area contributed by atoms with Crippen LogP contribution in [0.4, 0.5) is 10.5 Å². The highest BCUT2D eigenvalue weighted by Gasteiger charge is 2.32. The Morgan fingerprint density at radius 3 is 2.40 bits per heavy atom. The molecule has 2 aromatic carbocycles. The molecule has 1 fully saturated rings. The van der Waals surface area contributed by atoms with Gasteiger partial charge in [0, 0.05) is 68.9 Å². The number of benzene rings is 2. The first-order valence-electron chi connectivity index (χ1n) is 14.1. The topological polar surface area (TPSA) is 134 Å². The molecule has 3 rings (SSSR count). The second-order valence-electron chi connectivity index (χ2n) is 10.7. The molecule has 0 radical (unpaired) electrons. The minimum atomic E-state index is -3.85. The van der Waals surface area contributed by atoms with E-state index in [4.69, 9.17) is 10.5 Å². The van der Waals surface area contributed by atoms with Crippen LogP contribution < -0.4 is 20.7 Å². The molecule has 1 saturated carbocycles. The smallest absolute Gasteiger partial charge is 0.409 e. The molecule has 0 saturated heterocycles. The predicted molar refractivity (Wildman–Crippen MR) is 174 cm³/mol. The SMILES string of the molecule is CC(=C(CC(S)(S)OC(=O)NCCNS(=O)(=O)c1cccc2c(N(C)C)cccc12)C1CCCCC1)N(C=O)CCN. The zero-order valence-corrected chi connectivity index (χ0v) is 27.1. The van der Waals surface area contributed by atoms with Crippen LogP contribution in [0.1, 0.15) is 45.4 Å². The van der Waals surface area contributed by atoms with Crippen molar-refractivity contribution >= 4 is 64.2 Å². The minimum absolute atomic E-state index is 0.0107. The third kappa shape index (κ3) is 9.03. The lowest BCUT2D eigenvalue weighted by molar-refractivity contribution is -0.116. The van der Waals surface area contributed by atoms with E-state index < -0.39 is 20.4 Å². The number of hydrogen-bond donors (Lipinski definition) is 5. The number of nitrogens with two attached hydrogens (primary N) is 1. The van der Waals surface area contributed by atoms with E-state index >= 15 is 0 Å². The molecule has 1 aliphatic carbocycles. The first-order chi connectivity index (χ1) is 19.9. The molecule has 0 aliphatic heterocycles. The number of nitrogens with zero attached hydrogens (tertiary/aromatic N) is 2. The number of allylic oxidation sites excluding steroid dienone is 1. The average molecular weight is 638 g/mol. The number of sulfonamides is 1. The Kier molecular flexibility index (Phi) is 12.4. The fraction of sp³-hybridized carbons (Fsp3) is 0.517. The van der Waals surface area contributed by atoms with Gasteiger partial charge in [-0.15, -0.1) is 25.3 Å². The molecule has 1 aliphatic rings. The number of hydrogen-bond acceptors (Lipinski definition) is 9. The summed E-state index contributed by atoms with van der Waals surface area (Å²) in [5.74, 6) is 0.224. The standard InChI is InChI=1S/C29H43N5O5S3/c1-21(34(20-35)18-15-30)25(22-9-5-4-6-10-22)19-29(40,41)39-28(36)31-16-17-32-42(37,38)27-14-8-11-23-24(27)12-7-13-26(23)33(2)3/h7-8,11-14,20,22,32,40-41H,4-6,9-10,15-19,30H2,1-3H3,(H,31,36). The fourth-order valence-electron chi connectivity index (χ4n) is 5.43. The summed E-state index contributed by atoms with van der Waals surface area (Å²) in [5, 5.41) is 4.00. The summed E-state index contributed by atoms with van der Waals surface area (Å²) in [6.07, 6.45) is 5.46. The van der Waals surface area contributed by atoms with Gasteiger partial charge in [-0.3, -0.25) is 4.79 Å². The molecule has 2 amide bonds. The number of carbonyl (C=O) groups is 2. The van der Waals surface area contributed by atoms with E-state index in [1.54, 1.807) is 23.1 Å². The van der Waals surface area contributed by atoms with Crippen LogP contribution in [0, 0.1) is 5.92 Å². The maximum atomic E-state index is 13.1. The van der Waals surface area contributed by atoms with Gasteiger partial charge in [-0.05, 0) is 43.4 Å². The largest absolute Gasteiger partial charge is 0.422 e. The first kappa shape index (κ1) is 34.0. The first-order valence-corrected chi connectivity index (χ1v) is 16.5. The van der Waals surface area contributed by atoms with E-state index in [-0.39, 0.29) is 30.3 Å². The molecule has 0 atom stereocenters. The van der Waals surface area contributed by atoms with Crippen molar-refractivity contribution in [3.05, 3.63) is 47.7 Å². The van der Waals surface area contributed by atoms with E-state index in [9.17, 15) is 18.0 Å². The number of alkyl carbamates (subject to hydrolysis) is 1. The van der Waals surface area contributed by atoms with Crippen LogP contribution in [0.15, 0.2) is 52.6 Å². The molecule has 0 heterocycles. The van der Waals surface area contributed by atoms with Crippen molar-refractivity contribution in [3.63, 3.8) is 0 Å². The molecule has 10 nitrogen and oxygen atoms in total. The second-order valence-corrected chi connectivity index (χ2v) is 14.2. The molecule has 0 bridgehead atoms. The van der Waals surface area contributed by atoms with E-state index in [2.05, 4.69) is 35.3 Å². The van der Waals surface area contributed by atoms with Gasteiger partial charge in [0.1, 0.15) is 0 Å². The van der Waals surface area contributed by atoms with Crippen molar-refractivity contribution in [2.75, 3.05) is 45.2 Å². The molecule has 4 N–H and O–H groups in total. The Balaban J connectivity index is 1.62. The quantitative estimate of drug-likeness (QED) is 0.0912. The highest BCUT2D eigenvalue weighted by Crippen LogP contribution is 2.40. The summed E-state index contributed by atoms with van der Waals surface area (Å²) >= 11 is 9.05. The molecule has 13 heteroatoms. The molecular formula is C29H43N5O5S3. The molecule has 232 valence electrons. The number of carbonyl (C=O) groups excluding carboxylic acids is 2. The fourth-order valence-corrected chi connectivity index (χ4v) is 7.19. The summed E-state index contributed by atoms with van der Waals surface area (Å²) < 4.78 is 32.9. The van der Waals surface area contributed by atoms with Crippen molar-refractivity contribution in [2.24, 2.45) is 11.7 Å². The monoisotopic (exact) mass is 637 g/mol. The Hall–Kier alpha value is -2.45. The Morgan fingerprint density at radius 1 is 1.10 bits per heavy atom. The Bertz CT molecular complexity index is 1370. The van der Waals surface area contributed by atoms with Crippen molar-refractivity contribution in [1.29, 1.82) is 0 Å². The van der Waals surface area contributed by atoms with E-state index in [1.165, 1.54) is 0 Å². The maximum Gasteiger partial charge on any atom is 0.409 e. The molecular weight excluding hydrogens is 595 g/mol. The van der Waals surface area contributed by atoms with Crippen molar-refractivity contribution in [2.45, 2.75) is 54.6 Å². The lowest BCUT2D eigenvalue weighted by atomic mass is 9.81. The van der Waals surface area contributed by atoms with Crippen molar-refractivity contribution < 1.29 is 22.7 Å². The molecule has 2 aromatic rings. The predicted octanol–water partition coefficient (Wildman–Crippen LogP) is 4.09. The number of anilines is 1. The Labute approximate surface area is 260 Å². The number of thiol groups is 2. The van der Waals surface area contributed by atoms with E-state index in [1.807, 2.05) is 44.1 Å². The van der Waals surface area contributed by atoms with Gasteiger partial charge in [-0.1, -0.05) is 43.5 Å². The normalized spacial score (nSPS) is 15.2. The summed E-state index contributed by atoms with van der Waals surface area (Å²) in [4.78, 5) is 28.0. The number of amides is 2. The van der Waals surface area contributed by atoms with Crippen LogP contribution in [0.25, 0.3) is 10.8 Å². The maximum absolute atomic E-state index is 13.1. The second kappa shape index (κ2) is 15.3. The summed E-state index contributed by atoms with van der Waals surface area (Å²) in [7, 11) is -0.0507. The van der Waals surface area contributed by atoms with Gasteiger partial charge >= 0.3 is 6.09 Å². The highest BCUT2D eigenvalue weighted by atomic mass is 32.2. The van der Waals surface area contributed by atoms with Crippen LogP contribution >= 0.6 is 25.3 Å². The lowest BCUT2D eigenvalue weighted by Gasteiger charge is -2.33. The van der Waals surface area contributed by atoms with E-state index in [0.29, 0.717) is 18.5 Å². The van der Waals surface area contributed by atoms with Crippen LogP contribution in [0.3, 0.4) is 0 Å². The number of nitrogens with one attached hydrogen (secondary N) is 2. The van der Waals surface area contributed by atoms with Crippen LogP contribution in [-0.4, -0.2) is 70.4 Å². The minimum Gasteiger partial charge on any atom is -0.422 e. The van der Waals surface area contributed by atoms with Gasteiger partial charge < -0.3 is 25.6 Å². The number of rotatable bonds is 14. The van der Waals surface area contributed by atoms with Gasteiger partial charge in [0.05, 0.1) is 4.90 Å². The molecule has 42 heavy (non-hydrogen) atoms. The number of fused-ring (bicyclic) bond motifs is 1. The third-order valence-electron chi connectivity index (χ3n) is 7.48. The van der Waals surface area contributed by atoms with Gasteiger partial charge in [0.25, 0.3) is 0 Å². The summed E-state index contributed by atoms with van der Waals surface area (Å²) in [6, 6.07) is 10.7. The molecule has 0 spiro atoms. The van der Waals surface area contributed by atoms with Crippen molar-refractivity contribution in [3.8, 4) is 0 Å². The molecule has 0 aromatic heterocycles. The van der Waals surface area contributed by atoms with Crippen LogP contribution in [-0.2, 0) is 19.6 Å². The van der Waals surface area contributed by atoms with E-state index in [0.717, 1.165) is 60.9 Å². The highest BCUT2D eigenvalue weighted by molar-refractivity contribution is 8.00. The molecule has 0 unspecified atom stereocenters. The third-order valence-corrected chi connectivity index (χ3v) is 9.50. The average Bonchev–Trinajstić information content (AvgIpc) is 2.96.